The lowest BCUT2D eigenvalue weighted by Gasteiger charge is -2.53. The van der Waals surface area contributed by atoms with Gasteiger partial charge in [-0.1, -0.05) is 13.8 Å². The molecule has 2 saturated heterocycles. The van der Waals surface area contributed by atoms with Crippen molar-refractivity contribution >= 4 is 36.5 Å². The molecule has 2 aliphatic rings. The van der Waals surface area contributed by atoms with Gasteiger partial charge < -0.3 is 24.2 Å². The van der Waals surface area contributed by atoms with Crippen molar-refractivity contribution in [2.75, 3.05) is 71.5 Å². The summed E-state index contributed by atoms with van der Waals surface area (Å²) in [7, 11) is 3.91. The number of carbonyl (C=O) groups is 1. The number of nitrogens with zero attached hydrogens (tertiary/aromatic N) is 7. The van der Waals surface area contributed by atoms with Gasteiger partial charge in [-0.3, -0.25) is 9.69 Å². The van der Waals surface area contributed by atoms with Crippen molar-refractivity contribution in [1.29, 1.82) is 0 Å². The summed E-state index contributed by atoms with van der Waals surface area (Å²) >= 11 is 0. The van der Waals surface area contributed by atoms with Gasteiger partial charge in [0, 0.05) is 63.9 Å². The predicted molar refractivity (Wildman–Crippen MR) is 181 cm³/mol. The van der Waals surface area contributed by atoms with E-state index in [-0.39, 0.29) is 59.4 Å². The van der Waals surface area contributed by atoms with Crippen LogP contribution in [0.25, 0.3) is 0 Å². The Kier molecular flexibility index (Phi) is 15.2. The van der Waals surface area contributed by atoms with Crippen LogP contribution < -0.4 is 9.64 Å². The number of rotatable bonds is 15. The summed E-state index contributed by atoms with van der Waals surface area (Å²) in [6, 6.07) is 4.52. The normalized spacial score (nSPS) is 16.5. The highest BCUT2D eigenvalue weighted by Crippen LogP contribution is 2.44. The minimum atomic E-state index is -0.498. The van der Waals surface area contributed by atoms with E-state index in [1.807, 2.05) is 20.8 Å². The second-order valence-corrected chi connectivity index (χ2v) is 12.8. The first-order chi connectivity index (χ1) is 20.6. The zero-order valence-electron chi connectivity index (χ0n) is 27.9. The number of methoxy groups -OCH3 is 1. The van der Waals surface area contributed by atoms with E-state index in [9.17, 15) is 9.18 Å². The molecule has 0 aliphatic carbocycles. The van der Waals surface area contributed by atoms with Gasteiger partial charge in [0.2, 0.25) is 0 Å². The third-order valence-corrected chi connectivity index (χ3v) is 8.95. The highest BCUT2D eigenvalue weighted by molar-refractivity contribution is 5.97. The van der Waals surface area contributed by atoms with Crippen LogP contribution in [-0.4, -0.2) is 114 Å². The van der Waals surface area contributed by atoms with Gasteiger partial charge in [0.15, 0.2) is 5.82 Å². The number of benzene rings is 1. The molecular weight excluding hydrogens is 620 g/mol. The molecule has 2 fully saturated rings. The molecule has 10 nitrogen and oxygen atoms in total. The van der Waals surface area contributed by atoms with Gasteiger partial charge in [-0.05, 0) is 77.7 Å². The Labute approximate surface area is 280 Å². The van der Waals surface area contributed by atoms with Crippen LogP contribution in [0.15, 0.2) is 24.5 Å². The van der Waals surface area contributed by atoms with E-state index in [0.29, 0.717) is 24.3 Å². The lowest BCUT2D eigenvalue weighted by Crippen LogP contribution is -2.62. The fourth-order valence-corrected chi connectivity index (χ4v) is 6.59. The average molecular weight is 673 g/mol. The zero-order chi connectivity index (χ0) is 31.1. The Morgan fingerprint density at radius 3 is 2.51 bits per heavy atom. The first-order valence-corrected chi connectivity index (χ1v) is 15.7. The van der Waals surface area contributed by atoms with Crippen LogP contribution in [0.1, 0.15) is 64.2 Å². The zero-order valence-corrected chi connectivity index (χ0v) is 29.5. The number of anilines is 1. The minimum absolute atomic E-state index is 0. The molecule has 4 rings (SSSR count). The predicted octanol–water partition coefficient (Wildman–Crippen LogP) is 5.41. The van der Waals surface area contributed by atoms with Crippen molar-refractivity contribution in [3.63, 3.8) is 0 Å². The van der Waals surface area contributed by atoms with Crippen molar-refractivity contribution in [2.24, 2.45) is 11.3 Å². The quantitative estimate of drug-likeness (QED) is 0.247. The lowest BCUT2D eigenvalue weighted by atomic mass is 9.76. The number of likely N-dealkylation sites (tertiary alicyclic amines) is 1. The fourth-order valence-electron chi connectivity index (χ4n) is 6.59. The van der Waals surface area contributed by atoms with Crippen molar-refractivity contribution < 1.29 is 18.7 Å². The van der Waals surface area contributed by atoms with Gasteiger partial charge in [0.1, 0.15) is 17.9 Å². The van der Waals surface area contributed by atoms with Gasteiger partial charge in [-0.15, -0.1) is 35.0 Å². The number of halogens is 3. The van der Waals surface area contributed by atoms with E-state index in [2.05, 4.69) is 50.8 Å². The van der Waals surface area contributed by atoms with Crippen molar-refractivity contribution in [1.82, 2.24) is 29.9 Å². The number of carbonyl (C=O) groups excluding carboxylic acids is 1. The van der Waals surface area contributed by atoms with Crippen molar-refractivity contribution in [3.05, 3.63) is 35.9 Å². The van der Waals surface area contributed by atoms with E-state index in [1.54, 1.807) is 12.0 Å². The maximum atomic E-state index is 14.3. The standard InChI is InChI=1S/C32H50FN7O3.2ClH/c1-8-40(24(4)5)31(41)26-18-25(33)11-12-28(26)43-30-29(34-22-35-36-30)38-15-13-32(19-38)20-39(21-32)27(23(2)3)10-9-14-37(6)16-17-42-7;;/h11-12,18,22-24,27H,8-10,13-17,19-21H2,1-7H3;2*1H/t27-;;/m1../s1. The van der Waals surface area contributed by atoms with Crippen LogP contribution in [0, 0.1) is 17.2 Å². The van der Waals surface area contributed by atoms with E-state index in [0.717, 1.165) is 52.3 Å². The van der Waals surface area contributed by atoms with E-state index in [4.69, 9.17) is 9.47 Å². The fraction of sp³-hybridized carbons (Fsp3) is 0.688. The third-order valence-electron chi connectivity index (χ3n) is 8.95. The molecule has 254 valence electrons. The van der Waals surface area contributed by atoms with Gasteiger partial charge in [0.05, 0.1) is 12.2 Å². The Morgan fingerprint density at radius 1 is 1.13 bits per heavy atom. The molecule has 1 spiro atoms. The van der Waals surface area contributed by atoms with E-state index < -0.39 is 5.82 Å². The Morgan fingerprint density at radius 2 is 1.87 bits per heavy atom. The molecule has 0 radical (unpaired) electrons. The topological polar surface area (TPSA) is 87.2 Å². The molecule has 1 aromatic carbocycles. The summed E-state index contributed by atoms with van der Waals surface area (Å²) in [5, 5.41) is 8.21. The summed E-state index contributed by atoms with van der Waals surface area (Å²) in [5.41, 5.74) is 0.366. The van der Waals surface area contributed by atoms with Crippen LogP contribution in [0.3, 0.4) is 0 Å². The third kappa shape index (κ3) is 9.60. The second-order valence-electron chi connectivity index (χ2n) is 12.8. The highest BCUT2D eigenvalue weighted by Gasteiger charge is 2.50. The summed E-state index contributed by atoms with van der Waals surface area (Å²) in [4.78, 5) is 26.8. The summed E-state index contributed by atoms with van der Waals surface area (Å²) in [6.45, 7) is 17.6. The monoisotopic (exact) mass is 671 g/mol. The smallest absolute Gasteiger partial charge is 0.282 e. The summed E-state index contributed by atoms with van der Waals surface area (Å²) in [6.07, 6.45) is 4.85. The van der Waals surface area contributed by atoms with Gasteiger partial charge >= 0.3 is 0 Å². The van der Waals surface area contributed by atoms with Gasteiger partial charge in [-0.25, -0.2) is 9.37 Å². The first-order valence-electron chi connectivity index (χ1n) is 15.7. The molecule has 1 aromatic heterocycles. The maximum Gasteiger partial charge on any atom is 0.282 e. The maximum absolute atomic E-state index is 14.3. The molecule has 2 aliphatic heterocycles. The highest BCUT2D eigenvalue weighted by atomic mass is 35.5. The van der Waals surface area contributed by atoms with E-state index in [1.165, 1.54) is 37.4 Å². The van der Waals surface area contributed by atoms with Crippen molar-refractivity contribution in [3.8, 4) is 11.6 Å². The van der Waals surface area contributed by atoms with Crippen LogP contribution in [-0.2, 0) is 4.74 Å². The first kappa shape index (κ1) is 38.9. The van der Waals surface area contributed by atoms with Crippen LogP contribution in [0.2, 0.25) is 0 Å². The molecule has 45 heavy (non-hydrogen) atoms. The molecule has 0 unspecified atom stereocenters. The molecule has 1 amide bonds. The summed E-state index contributed by atoms with van der Waals surface area (Å²) in [5.74, 6) is 0.871. The largest absolute Gasteiger partial charge is 0.434 e. The molecule has 3 heterocycles. The minimum Gasteiger partial charge on any atom is -0.434 e. The van der Waals surface area contributed by atoms with E-state index >= 15 is 0 Å². The van der Waals surface area contributed by atoms with Crippen LogP contribution >= 0.6 is 24.8 Å². The number of amides is 1. The summed E-state index contributed by atoms with van der Waals surface area (Å²) < 4.78 is 25.7. The van der Waals surface area contributed by atoms with Crippen molar-refractivity contribution in [2.45, 2.75) is 66.0 Å². The van der Waals surface area contributed by atoms with Crippen LogP contribution in [0.4, 0.5) is 10.2 Å². The van der Waals surface area contributed by atoms with Crippen LogP contribution in [0.5, 0.6) is 11.6 Å². The number of ether oxygens (including phenoxy) is 2. The number of aromatic nitrogens is 3. The number of hydrogen-bond donors (Lipinski definition) is 0. The lowest BCUT2D eigenvalue weighted by molar-refractivity contribution is -0.0345. The molecule has 0 N–H and O–H groups in total. The number of likely N-dealkylation sites (N-methyl/N-ethyl adjacent to an activating group) is 1. The van der Waals surface area contributed by atoms with Gasteiger partial charge in [-0.2, -0.15) is 0 Å². The second kappa shape index (κ2) is 17.6. The SMILES string of the molecule is CCN(C(=O)c1cc(F)ccc1Oc1nncnc1N1CCC2(C1)CN([C@H](CCCN(C)CCOC)C(C)C)C2)C(C)C.Cl.Cl. The van der Waals surface area contributed by atoms with Gasteiger partial charge in [0.25, 0.3) is 11.8 Å². The Hall–Kier alpha value is -2.31. The average Bonchev–Trinajstić information content (AvgIpc) is 3.40. The molecule has 0 bridgehead atoms. The molecule has 2 aromatic rings. The Balaban J connectivity index is 0.00000353. The molecule has 1 atom stereocenters. The molecule has 13 heteroatoms. The Bertz CT molecular complexity index is 1220. The molecule has 0 saturated carbocycles. The molecular formula is C32H52Cl2FN7O3. The number of hydrogen-bond acceptors (Lipinski definition) is 9.